The lowest BCUT2D eigenvalue weighted by Crippen LogP contribution is -2.40. The predicted octanol–water partition coefficient (Wildman–Crippen LogP) is 4.18. The summed E-state index contributed by atoms with van der Waals surface area (Å²) in [5, 5.41) is 18.3. The molecule has 4 N–H and O–H groups in total. The highest BCUT2D eigenvalue weighted by Crippen LogP contribution is 2.17. The number of hydrogen-bond donors (Lipinski definition) is 4. The van der Waals surface area contributed by atoms with Crippen LogP contribution in [-0.2, 0) is 11.3 Å². The monoisotopic (exact) mass is 411 g/mol. The first kappa shape index (κ1) is 23.7. The normalized spacial score (nSPS) is 17.4. The van der Waals surface area contributed by atoms with E-state index in [9.17, 15) is 0 Å². The molecule has 0 unspecified atom stereocenters. The predicted molar refractivity (Wildman–Crippen MR) is 125 cm³/mol. The van der Waals surface area contributed by atoms with Crippen LogP contribution >= 0.6 is 0 Å². The van der Waals surface area contributed by atoms with Gasteiger partial charge in [-0.15, -0.1) is 0 Å². The fourth-order valence-corrected chi connectivity index (χ4v) is 3.46. The van der Waals surface area contributed by atoms with Crippen molar-refractivity contribution in [2.45, 2.75) is 53.1 Å². The number of rotatable bonds is 11. The minimum absolute atomic E-state index is 0.201. The molecule has 0 fully saturated rings. The van der Waals surface area contributed by atoms with E-state index in [1.54, 1.807) is 7.11 Å². The highest BCUT2D eigenvalue weighted by atomic mass is 16.5. The standard InChI is InChI=1S/C24H37N5O/c1-6-20(12-18(4)16-30-5)27-23-13-22(26-15-19-10-8-7-9-11-19)28-24(29-23)21(14-25)17(2)3/h7-11,13-14,17-18,20,25-26,28H,6,12,15-16H2,1-5H3,(H,27,29)/b24-21-,25-14?/t18-,20+/m1/s1. The molecule has 1 aliphatic rings. The van der Waals surface area contributed by atoms with E-state index < -0.39 is 0 Å². The second-order valence-corrected chi connectivity index (χ2v) is 8.17. The van der Waals surface area contributed by atoms with Crippen LogP contribution in [-0.4, -0.2) is 31.8 Å². The number of ether oxygens (including phenoxy) is 1. The van der Waals surface area contributed by atoms with Gasteiger partial charge in [0.2, 0.25) is 0 Å². The number of aliphatic imine (C=N–C) groups is 1. The summed E-state index contributed by atoms with van der Waals surface area (Å²) in [5.41, 5.74) is 2.08. The molecule has 1 heterocycles. The molecular formula is C24H37N5O. The first-order valence-electron chi connectivity index (χ1n) is 10.8. The van der Waals surface area contributed by atoms with Crippen molar-refractivity contribution >= 4 is 12.1 Å². The van der Waals surface area contributed by atoms with Gasteiger partial charge in [-0.05, 0) is 30.2 Å². The zero-order valence-electron chi connectivity index (χ0n) is 19.0. The van der Waals surface area contributed by atoms with E-state index in [0.29, 0.717) is 18.5 Å². The number of nitrogens with one attached hydrogen (secondary N) is 4. The van der Waals surface area contributed by atoms with Gasteiger partial charge in [0.15, 0.2) is 0 Å². The van der Waals surface area contributed by atoms with Gasteiger partial charge in [0, 0.05) is 44.2 Å². The van der Waals surface area contributed by atoms with Crippen molar-refractivity contribution in [1.29, 1.82) is 5.41 Å². The van der Waals surface area contributed by atoms with Crippen LogP contribution in [0.4, 0.5) is 0 Å². The smallest absolute Gasteiger partial charge is 0.138 e. The maximum Gasteiger partial charge on any atom is 0.138 e. The van der Waals surface area contributed by atoms with E-state index >= 15 is 0 Å². The van der Waals surface area contributed by atoms with Crippen molar-refractivity contribution in [3.8, 4) is 0 Å². The van der Waals surface area contributed by atoms with Crippen molar-refractivity contribution in [2.24, 2.45) is 16.8 Å². The maximum absolute atomic E-state index is 7.84. The SMILES string of the molecule is CC[C@@H](C[C@@H](C)COC)NC1=N/C(=C(/C=N)C(C)C)NC(NCc2ccccc2)=C1. The average Bonchev–Trinajstić information content (AvgIpc) is 2.73. The molecule has 0 saturated heterocycles. The summed E-state index contributed by atoms with van der Waals surface area (Å²) in [6.07, 6.45) is 5.42. The summed E-state index contributed by atoms with van der Waals surface area (Å²) < 4.78 is 5.30. The molecule has 0 aromatic heterocycles. The van der Waals surface area contributed by atoms with E-state index in [-0.39, 0.29) is 5.92 Å². The van der Waals surface area contributed by atoms with Crippen molar-refractivity contribution in [1.82, 2.24) is 16.0 Å². The van der Waals surface area contributed by atoms with Crippen molar-refractivity contribution in [2.75, 3.05) is 13.7 Å². The summed E-state index contributed by atoms with van der Waals surface area (Å²) in [7, 11) is 1.75. The van der Waals surface area contributed by atoms with Gasteiger partial charge in [0.1, 0.15) is 17.5 Å². The number of nitrogens with zero attached hydrogens (tertiary/aromatic N) is 1. The van der Waals surface area contributed by atoms with Gasteiger partial charge in [0.25, 0.3) is 0 Å². The third-order valence-corrected chi connectivity index (χ3v) is 5.13. The van der Waals surface area contributed by atoms with Gasteiger partial charge >= 0.3 is 0 Å². The Kier molecular flexibility index (Phi) is 9.61. The molecule has 0 bridgehead atoms. The fourth-order valence-electron chi connectivity index (χ4n) is 3.46. The fraction of sp³-hybridized carbons (Fsp3) is 0.500. The van der Waals surface area contributed by atoms with Crippen LogP contribution in [0.25, 0.3) is 0 Å². The Morgan fingerprint density at radius 1 is 1.23 bits per heavy atom. The summed E-state index contributed by atoms with van der Waals surface area (Å²) in [6, 6.07) is 10.6. The van der Waals surface area contributed by atoms with Crippen LogP contribution in [0.3, 0.4) is 0 Å². The summed E-state index contributed by atoms with van der Waals surface area (Å²) in [6.45, 7) is 10.0. The number of methoxy groups -OCH3 is 1. The molecule has 0 amide bonds. The van der Waals surface area contributed by atoms with Crippen molar-refractivity contribution in [3.63, 3.8) is 0 Å². The highest BCUT2D eigenvalue weighted by molar-refractivity contribution is 5.96. The Morgan fingerprint density at radius 2 is 1.97 bits per heavy atom. The first-order valence-corrected chi connectivity index (χ1v) is 10.8. The number of benzene rings is 1. The molecule has 0 aliphatic carbocycles. The lowest BCUT2D eigenvalue weighted by molar-refractivity contribution is 0.150. The molecule has 2 atom stereocenters. The van der Waals surface area contributed by atoms with Gasteiger partial charge in [-0.3, -0.25) is 0 Å². The lowest BCUT2D eigenvalue weighted by atomic mass is 10.0. The molecule has 0 saturated carbocycles. The van der Waals surface area contributed by atoms with Gasteiger partial charge in [-0.2, -0.15) is 0 Å². The second kappa shape index (κ2) is 12.2. The first-order chi connectivity index (χ1) is 14.5. The maximum atomic E-state index is 7.84. The highest BCUT2D eigenvalue weighted by Gasteiger charge is 2.18. The zero-order valence-corrected chi connectivity index (χ0v) is 19.0. The largest absolute Gasteiger partial charge is 0.384 e. The minimum atomic E-state index is 0.201. The van der Waals surface area contributed by atoms with E-state index in [0.717, 1.165) is 42.5 Å². The van der Waals surface area contributed by atoms with Gasteiger partial charge in [-0.25, -0.2) is 4.99 Å². The number of hydrogen-bond acceptors (Lipinski definition) is 6. The van der Waals surface area contributed by atoms with Crippen LogP contribution in [0, 0.1) is 17.2 Å². The quantitative estimate of drug-likeness (QED) is 0.412. The molecule has 0 radical (unpaired) electrons. The van der Waals surface area contributed by atoms with E-state index in [1.165, 1.54) is 11.8 Å². The van der Waals surface area contributed by atoms with Crippen LogP contribution in [0.1, 0.15) is 46.1 Å². The van der Waals surface area contributed by atoms with Gasteiger partial charge < -0.3 is 26.1 Å². The Balaban J connectivity index is 2.22. The number of amidine groups is 1. The third kappa shape index (κ3) is 7.34. The third-order valence-electron chi connectivity index (χ3n) is 5.13. The van der Waals surface area contributed by atoms with Crippen LogP contribution in [0.2, 0.25) is 0 Å². The molecule has 30 heavy (non-hydrogen) atoms. The Bertz CT molecular complexity index is 767. The average molecular weight is 412 g/mol. The van der Waals surface area contributed by atoms with Crippen LogP contribution < -0.4 is 16.0 Å². The molecule has 1 aromatic carbocycles. The molecule has 0 spiro atoms. The molecule has 1 aromatic rings. The summed E-state index contributed by atoms with van der Waals surface area (Å²) in [4.78, 5) is 4.80. The minimum Gasteiger partial charge on any atom is -0.384 e. The Hall–Kier alpha value is -2.60. The van der Waals surface area contributed by atoms with Gasteiger partial charge in [0.05, 0.1) is 0 Å². The summed E-state index contributed by atoms with van der Waals surface area (Å²) in [5.74, 6) is 3.09. The lowest BCUT2D eigenvalue weighted by Gasteiger charge is -2.26. The van der Waals surface area contributed by atoms with Crippen molar-refractivity contribution in [3.05, 3.63) is 59.2 Å². The van der Waals surface area contributed by atoms with Crippen molar-refractivity contribution < 1.29 is 4.74 Å². The molecule has 164 valence electrons. The van der Waals surface area contributed by atoms with Crippen LogP contribution in [0.5, 0.6) is 0 Å². The molecule has 6 heteroatoms. The van der Waals surface area contributed by atoms with E-state index in [2.05, 4.69) is 55.8 Å². The topological polar surface area (TPSA) is 81.5 Å². The molecule has 6 nitrogen and oxygen atoms in total. The van der Waals surface area contributed by atoms with E-state index in [1.807, 2.05) is 24.3 Å². The van der Waals surface area contributed by atoms with Gasteiger partial charge in [-0.1, -0.05) is 58.0 Å². The summed E-state index contributed by atoms with van der Waals surface area (Å²) >= 11 is 0. The Morgan fingerprint density at radius 3 is 2.57 bits per heavy atom. The second-order valence-electron chi connectivity index (χ2n) is 8.17. The van der Waals surface area contributed by atoms with Crippen LogP contribution in [0.15, 0.2) is 58.6 Å². The molecular weight excluding hydrogens is 374 g/mol. The number of allylic oxidation sites excluding steroid dienone is 1. The zero-order chi connectivity index (χ0) is 21.9. The Labute approximate surface area is 181 Å². The van der Waals surface area contributed by atoms with E-state index in [4.69, 9.17) is 15.1 Å². The molecule has 2 rings (SSSR count). The molecule has 1 aliphatic heterocycles.